The minimum Gasteiger partial charge on any atom is -0.378 e. The van der Waals surface area contributed by atoms with E-state index in [0.29, 0.717) is 67.5 Å². The van der Waals surface area contributed by atoms with Gasteiger partial charge in [-0.15, -0.1) is 0 Å². The second kappa shape index (κ2) is 9.21. The maximum absolute atomic E-state index is 14.2. The van der Waals surface area contributed by atoms with Crippen LogP contribution < -0.4 is 4.90 Å². The number of hydrogen-bond acceptors (Lipinski definition) is 7. The van der Waals surface area contributed by atoms with Crippen LogP contribution >= 0.6 is 0 Å². The summed E-state index contributed by atoms with van der Waals surface area (Å²) in [5.41, 5.74) is 1.91. The fourth-order valence-electron chi connectivity index (χ4n) is 5.06. The molecular formula is C24H27F2N9O2. The number of hydrogen-bond donors (Lipinski definition) is 0. The summed E-state index contributed by atoms with van der Waals surface area (Å²) in [6.07, 6.45) is -0.415. The number of fused-ring (bicyclic) bond motifs is 2. The van der Waals surface area contributed by atoms with E-state index >= 15 is 0 Å². The molecule has 0 radical (unpaired) electrons. The van der Waals surface area contributed by atoms with Gasteiger partial charge in [0.2, 0.25) is 5.95 Å². The highest BCUT2D eigenvalue weighted by atomic mass is 19.3. The minimum absolute atomic E-state index is 0.0525. The van der Waals surface area contributed by atoms with Gasteiger partial charge in [-0.1, -0.05) is 12.1 Å². The average Bonchev–Trinajstić information content (AvgIpc) is 3.64. The zero-order valence-electron chi connectivity index (χ0n) is 20.6. The Morgan fingerprint density at radius 2 is 1.89 bits per heavy atom. The standard InChI is InChI=1S/C24H27F2N9O2/c1-31(2)24(36)33-8-7-15(13-33)34-14-27-18-20(34)29-23(32-9-11-37-12-10-32)30-21(18)35-17-6-4-3-5-16(17)28-22(35)19(25)26/h3-6,14-15,19H,7-13H2,1-2H3. The Kier molecular flexibility index (Phi) is 5.86. The van der Waals surface area contributed by atoms with Crippen molar-refractivity contribution in [3.8, 4) is 5.82 Å². The number of morpholine rings is 1. The van der Waals surface area contributed by atoms with E-state index in [-0.39, 0.29) is 17.9 Å². The van der Waals surface area contributed by atoms with Gasteiger partial charge in [0.1, 0.15) is 0 Å². The number of aromatic nitrogens is 6. The van der Waals surface area contributed by atoms with Crippen LogP contribution in [0.25, 0.3) is 28.0 Å². The van der Waals surface area contributed by atoms with E-state index in [1.54, 1.807) is 54.5 Å². The first-order chi connectivity index (χ1) is 17.9. The summed E-state index contributed by atoms with van der Waals surface area (Å²) < 4.78 is 37.3. The largest absolute Gasteiger partial charge is 0.378 e. The molecule has 11 nitrogen and oxygen atoms in total. The average molecular weight is 512 g/mol. The summed E-state index contributed by atoms with van der Waals surface area (Å²) >= 11 is 0. The molecule has 0 saturated carbocycles. The first kappa shape index (κ1) is 23.5. The van der Waals surface area contributed by atoms with Gasteiger partial charge in [0.25, 0.3) is 6.43 Å². The molecule has 0 N–H and O–H groups in total. The smallest absolute Gasteiger partial charge is 0.319 e. The van der Waals surface area contributed by atoms with Crippen molar-refractivity contribution in [2.45, 2.75) is 18.9 Å². The number of alkyl halides is 2. The predicted octanol–water partition coefficient (Wildman–Crippen LogP) is 2.87. The molecule has 0 bridgehead atoms. The van der Waals surface area contributed by atoms with Crippen LogP contribution in [0, 0.1) is 0 Å². The predicted molar refractivity (Wildman–Crippen MR) is 132 cm³/mol. The highest BCUT2D eigenvalue weighted by Crippen LogP contribution is 2.33. The molecule has 0 spiro atoms. The first-order valence-corrected chi connectivity index (χ1v) is 12.2. The van der Waals surface area contributed by atoms with Gasteiger partial charge in [-0.3, -0.25) is 4.57 Å². The van der Waals surface area contributed by atoms with E-state index in [0.717, 1.165) is 6.42 Å². The van der Waals surface area contributed by atoms with Crippen molar-refractivity contribution in [1.29, 1.82) is 0 Å². The Morgan fingerprint density at radius 3 is 2.65 bits per heavy atom. The summed E-state index contributed by atoms with van der Waals surface area (Å²) in [6.45, 7) is 3.33. The normalized spacial score (nSPS) is 18.5. The van der Waals surface area contributed by atoms with Gasteiger partial charge in [-0.05, 0) is 18.6 Å². The number of nitrogens with zero attached hydrogens (tertiary/aromatic N) is 9. The molecule has 4 aromatic rings. The van der Waals surface area contributed by atoms with Crippen LogP contribution in [0.1, 0.15) is 24.7 Å². The van der Waals surface area contributed by atoms with Crippen molar-refractivity contribution in [2.24, 2.45) is 0 Å². The van der Waals surface area contributed by atoms with Gasteiger partial charge < -0.3 is 24.0 Å². The Balaban J connectivity index is 1.53. The third-order valence-electron chi connectivity index (χ3n) is 6.89. The molecule has 13 heteroatoms. The molecule has 2 saturated heterocycles. The van der Waals surface area contributed by atoms with Crippen LogP contribution in [0.3, 0.4) is 0 Å². The molecule has 2 amide bonds. The molecule has 1 atom stereocenters. The minimum atomic E-state index is -2.81. The molecule has 2 aliphatic heterocycles. The molecular weight excluding hydrogens is 484 g/mol. The maximum atomic E-state index is 14.2. The van der Waals surface area contributed by atoms with Gasteiger partial charge in [-0.25, -0.2) is 23.5 Å². The van der Waals surface area contributed by atoms with Crippen molar-refractivity contribution in [2.75, 3.05) is 58.4 Å². The van der Waals surface area contributed by atoms with Crippen molar-refractivity contribution in [3.63, 3.8) is 0 Å². The first-order valence-electron chi connectivity index (χ1n) is 12.2. The summed E-state index contributed by atoms with van der Waals surface area (Å²) in [4.78, 5) is 36.3. The number of amides is 2. The molecule has 6 rings (SSSR count). The van der Waals surface area contributed by atoms with Crippen LogP contribution in [0.4, 0.5) is 19.5 Å². The zero-order valence-corrected chi connectivity index (χ0v) is 20.6. The Bertz CT molecular complexity index is 1460. The van der Waals surface area contributed by atoms with Gasteiger partial charge in [0.15, 0.2) is 22.8 Å². The van der Waals surface area contributed by atoms with E-state index in [2.05, 4.69) is 9.97 Å². The number of urea groups is 1. The molecule has 1 aromatic carbocycles. The Morgan fingerprint density at radius 1 is 1.11 bits per heavy atom. The molecule has 194 valence electrons. The lowest BCUT2D eigenvalue weighted by Crippen LogP contribution is -2.38. The molecule has 37 heavy (non-hydrogen) atoms. The van der Waals surface area contributed by atoms with Crippen LogP contribution in [0.2, 0.25) is 0 Å². The van der Waals surface area contributed by atoms with Gasteiger partial charge in [0, 0.05) is 40.3 Å². The number of ether oxygens (including phenoxy) is 1. The molecule has 1 unspecified atom stereocenters. The lowest BCUT2D eigenvalue weighted by atomic mass is 10.2. The molecule has 2 fully saturated rings. The maximum Gasteiger partial charge on any atom is 0.319 e. The summed E-state index contributed by atoms with van der Waals surface area (Å²) in [6, 6.07) is 6.89. The fourth-order valence-corrected chi connectivity index (χ4v) is 5.06. The van der Waals surface area contributed by atoms with E-state index in [1.165, 1.54) is 4.57 Å². The van der Waals surface area contributed by atoms with Crippen LogP contribution in [0.5, 0.6) is 0 Å². The summed E-state index contributed by atoms with van der Waals surface area (Å²) in [5, 5.41) is 0. The number of carbonyl (C=O) groups is 1. The summed E-state index contributed by atoms with van der Waals surface area (Å²) in [7, 11) is 3.46. The summed E-state index contributed by atoms with van der Waals surface area (Å²) in [5.74, 6) is 0.283. The van der Waals surface area contributed by atoms with Gasteiger partial charge in [0.05, 0.1) is 36.6 Å². The second-order valence-electron chi connectivity index (χ2n) is 9.43. The molecule has 5 heterocycles. The Hall–Kier alpha value is -3.87. The SMILES string of the molecule is CN(C)C(=O)N1CCC(n2cnc3c(-n4c(C(F)F)nc5ccccc54)nc(N4CCOCC4)nc32)C1. The fraction of sp³-hybridized carbons (Fsp3) is 0.458. The third-order valence-corrected chi connectivity index (χ3v) is 6.89. The molecule has 2 aliphatic rings. The number of para-hydroxylation sites is 2. The van der Waals surface area contributed by atoms with E-state index < -0.39 is 12.2 Å². The third kappa shape index (κ3) is 4.02. The van der Waals surface area contributed by atoms with Crippen molar-refractivity contribution >= 4 is 34.2 Å². The zero-order chi connectivity index (χ0) is 25.7. The molecule has 3 aromatic heterocycles. The van der Waals surface area contributed by atoms with E-state index in [9.17, 15) is 13.6 Å². The monoisotopic (exact) mass is 511 g/mol. The lowest BCUT2D eigenvalue weighted by molar-refractivity contribution is 0.122. The molecule has 0 aliphatic carbocycles. The van der Waals surface area contributed by atoms with Crippen molar-refractivity contribution < 1.29 is 18.3 Å². The number of likely N-dealkylation sites (tertiary alicyclic amines) is 1. The van der Waals surface area contributed by atoms with Crippen molar-refractivity contribution in [3.05, 3.63) is 36.4 Å². The van der Waals surface area contributed by atoms with Crippen LogP contribution in [0.15, 0.2) is 30.6 Å². The lowest BCUT2D eigenvalue weighted by Gasteiger charge is -2.27. The topological polar surface area (TPSA) is 97.4 Å². The Labute approximate surface area is 211 Å². The van der Waals surface area contributed by atoms with E-state index in [1.807, 2.05) is 9.47 Å². The van der Waals surface area contributed by atoms with E-state index in [4.69, 9.17) is 14.7 Å². The van der Waals surface area contributed by atoms with Crippen LogP contribution in [-0.4, -0.2) is 98.4 Å². The number of carbonyl (C=O) groups excluding carboxylic acids is 1. The highest BCUT2D eigenvalue weighted by Gasteiger charge is 2.31. The van der Waals surface area contributed by atoms with Crippen molar-refractivity contribution in [1.82, 2.24) is 38.9 Å². The number of imidazole rings is 2. The number of anilines is 1. The highest BCUT2D eigenvalue weighted by molar-refractivity contribution is 5.85. The number of halogens is 2. The van der Waals surface area contributed by atoms with Crippen LogP contribution in [-0.2, 0) is 4.74 Å². The second-order valence-corrected chi connectivity index (χ2v) is 9.43. The number of benzene rings is 1. The number of rotatable bonds is 4. The quantitative estimate of drug-likeness (QED) is 0.416. The van der Waals surface area contributed by atoms with Gasteiger partial charge >= 0.3 is 6.03 Å². The van der Waals surface area contributed by atoms with Gasteiger partial charge in [-0.2, -0.15) is 9.97 Å².